The SMILES string of the molecule is CC1CCN(C(=O)c2ccc(NC(=O)c3cc(C(=O)O)co3)cc2)CC1. The van der Waals surface area contributed by atoms with E-state index in [0.717, 1.165) is 38.3 Å². The molecule has 136 valence electrons. The highest BCUT2D eigenvalue weighted by molar-refractivity contribution is 6.04. The minimum atomic E-state index is -1.16. The number of benzene rings is 1. The minimum absolute atomic E-state index is 0.00749. The fourth-order valence-electron chi connectivity index (χ4n) is 2.85. The van der Waals surface area contributed by atoms with Crippen LogP contribution >= 0.6 is 0 Å². The summed E-state index contributed by atoms with van der Waals surface area (Å²) in [6.45, 7) is 3.73. The Morgan fingerprint density at radius 3 is 2.35 bits per heavy atom. The van der Waals surface area contributed by atoms with Crippen molar-refractivity contribution in [3.63, 3.8) is 0 Å². The smallest absolute Gasteiger partial charge is 0.338 e. The quantitative estimate of drug-likeness (QED) is 0.877. The van der Waals surface area contributed by atoms with Gasteiger partial charge in [0, 0.05) is 30.4 Å². The van der Waals surface area contributed by atoms with Crippen LogP contribution in [-0.4, -0.2) is 40.9 Å². The van der Waals surface area contributed by atoms with Gasteiger partial charge in [-0.05, 0) is 43.0 Å². The number of anilines is 1. The zero-order valence-electron chi connectivity index (χ0n) is 14.4. The highest BCUT2D eigenvalue weighted by Crippen LogP contribution is 2.19. The Morgan fingerprint density at radius 2 is 1.77 bits per heavy atom. The predicted molar refractivity (Wildman–Crippen MR) is 94.4 cm³/mol. The Morgan fingerprint density at radius 1 is 1.12 bits per heavy atom. The number of carboxylic acid groups (broad SMARTS) is 1. The lowest BCUT2D eigenvalue weighted by Gasteiger charge is -2.30. The first kappa shape index (κ1) is 17.7. The lowest BCUT2D eigenvalue weighted by atomic mass is 9.98. The number of carbonyl (C=O) groups excluding carboxylic acids is 2. The number of carboxylic acids is 1. The molecule has 0 unspecified atom stereocenters. The summed E-state index contributed by atoms with van der Waals surface area (Å²) in [7, 11) is 0. The second-order valence-electron chi connectivity index (χ2n) is 6.51. The zero-order valence-corrected chi connectivity index (χ0v) is 14.4. The van der Waals surface area contributed by atoms with Gasteiger partial charge in [0.1, 0.15) is 6.26 Å². The Hall–Kier alpha value is -3.09. The van der Waals surface area contributed by atoms with E-state index in [1.807, 2.05) is 4.90 Å². The van der Waals surface area contributed by atoms with E-state index >= 15 is 0 Å². The van der Waals surface area contributed by atoms with Crippen molar-refractivity contribution in [1.29, 1.82) is 0 Å². The summed E-state index contributed by atoms with van der Waals surface area (Å²) < 4.78 is 4.96. The predicted octanol–water partition coefficient (Wildman–Crippen LogP) is 3.10. The summed E-state index contributed by atoms with van der Waals surface area (Å²) in [4.78, 5) is 37.2. The molecule has 2 heterocycles. The van der Waals surface area contributed by atoms with Gasteiger partial charge in [-0.2, -0.15) is 0 Å². The Bertz CT molecular complexity index is 817. The summed E-state index contributed by atoms with van der Waals surface area (Å²) in [5.41, 5.74) is 0.975. The topological polar surface area (TPSA) is 99.9 Å². The number of nitrogens with zero attached hydrogens (tertiary/aromatic N) is 1. The normalized spacial score (nSPS) is 14.9. The van der Waals surface area contributed by atoms with Crippen molar-refractivity contribution in [2.45, 2.75) is 19.8 Å². The molecule has 26 heavy (non-hydrogen) atoms. The van der Waals surface area contributed by atoms with Crippen molar-refractivity contribution in [3.05, 3.63) is 53.5 Å². The van der Waals surface area contributed by atoms with Gasteiger partial charge < -0.3 is 19.7 Å². The van der Waals surface area contributed by atoms with Gasteiger partial charge in [-0.1, -0.05) is 6.92 Å². The van der Waals surface area contributed by atoms with E-state index in [4.69, 9.17) is 9.52 Å². The number of carbonyl (C=O) groups is 3. The largest absolute Gasteiger partial charge is 0.478 e. The molecule has 0 spiro atoms. The first-order chi connectivity index (χ1) is 12.4. The maximum atomic E-state index is 12.5. The van der Waals surface area contributed by atoms with Crippen LogP contribution in [0, 0.1) is 5.92 Å². The lowest BCUT2D eigenvalue weighted by molar-refractivity contribution is 0.0687. The Labute approximate surface area is 150 Å². The number of piperidine rings is 1. The van der Waals surface area contributed by atoms with Gasteiger partial charge in [0.05, 0.1) is 5.56 Å². The highest BCUT2D eigenvalue weighted by atomic mass is 16.4. The molecule has 7 heteroatoms. The van der Waals surface area contributed by atoms with Gasteiger partial charge in [-0.25, -0.2) is 4.79 Å². The molecule has 0 saturated carbocycles. The summed E-state index contributed by atoms with van der Waals surface area (Å²) in [5.74, 6) is -1.17. The number of likely N-dealkylation sites (tertiary alicyclic amines) is 1. The number of amides is 2. The second-order valence-corrected chi connectivity index (χ2v) is 6.51. The maximum Gasteiger partial charge on any atom is 0.338 e. The van der Waals surface area contributed by atoms with E-state index in [9.17, 15) is 14.4 Å². The van der Waals surface area contributed by atoms with E-state index < -0.39 is 11.9 Å². The first-order valence-corrected chi connectivity index (χ1v) is 8.46. The number of hydrogen-bond donors (Lipinski definition) is 2. The van der Waals surface area contributed by atoms with Crippen LogP contribution in [0.1, 0.15) is 51.0 Å². The Balaban J connectivity index is 1.62. The molecule has 1 aromatic carbocycles. The first-order valence-electron chi connectivity index (χ1n) is 8.46. The maximum absolute atomic E-state index is 12.5. The summed E-state index contributed by atoms with van der Waals surface area (Å²) in [6, 6.07) is 7.77. The van der Waals surface area contributed by atoms with Crippen molar-refractivity contribution in [2.24, 2.45) is 5.92 Å². The third-order valence-corrected chi connectivity index (χ3v) is 4.53. The minimum Gasteiger partial charge on any atom is -0.478 e. The molecule has 1 saturated heterocycles. The molecule has 1 aromatic heterocycles. The summed E-state index contributed by atoms with van der Waals surface area (Å²) in [6.07, 6.45) is 3.04. The molecule has 0 atom stereocenters. The number of hydrogen-bond acceptors (Lipinski definition) is 4. The van der Waals surface area contributed by atoms with E-state index in [1.165, 1.54) is 0 Å². The molecule has 1 fully saturated rings. The zero-order chi connectivity index (χ0) is 18.7. The number of nitrogens with one attached hydrogen (secondary N) is 1. The van der Waals surface area contributed by atoms with Crippen LogP contribution in [0.3, 0.4) is 0 Å². The van der Waals surface area contributed by atoms with Crippen molar-refractivity contribution in [3.8, 4) is 0 Å². The molecule has 3 rings (SSSR count). The van der Waals surface area contributed by atoms with Crippen LogP contribution in [0.5, 0.6) is 0 Å². The third kappa shape index (κ3) is 3.93. The third-order valence-electron chi connectivity index (χ3n) is 4.53. The average molecular weight is 356 g/mol. The van der Waals surface area contributed by atoms with Gasteiger partial charge in [-0.3, -0.25) is 9.59 Å². The number of furan rings is 1. The van der Waals surface area contributed by atoms with Crippen molar-refractivity contribution < 1.29 is 23.9 Å². The van der Waals surface area contributed by atoms with Crippen molar-refractivity contribution >= 4 is 23.5 Å². The summed E-state index contributed by atoms with van der Waals surface area (Å²) >= 11 is 0. The van der Waals surface area contributed by atoms with E-state index in [2.05, 4.69) is 12.2 Å². The van der Waals surface area contributed by atoms with Gasteiger partial charge in [-0.15, -0.1) is 0 Å². The monoisotopic (exact) mass is 356 g/mol. The van der Waals surface area contributed by atoms with Crippen LogP contribution in [-0.2, 0) is 0 Å². The van der Waals surface area contributed by atoms with Crippen LogP contribution in [0.2, 0.25) is 0 Å². The average Bonchev–Trinajstić information content (AvgIpc) is 3.13. The molecule has 7 nitrogen and oxygen atoms in total. The van der Waals surface area contributed by atoms with Crippen molar-refractivity contribution in [2.75, 3.05) is 18.4 Å². The van der Waals surface area contributed by atoms with Gasteiger partial charge in [0.2, 0.25) is 0 Å². The van der Waals surface area contributed by atoms with Crippen molar-refractivity contribution in [1.82, 2.24) is 4.90 Å². The van der Waals surface area contributed by atoms with Crippen LogP contribution in [0.4, 0.5) is 5.69 Å². The highest BCUT2D eigenvalue weighted by Gasteiger charge is 2.21. The molecule has 2 aromatic rings. The molecule has 1 aliphatic rings. The van der Waals surface area contributed by atoms with Gasteiger partial charge in [0.25, 0.3) is 11.8 Å². The molecule has 0 aliphatic carbocycles. The molecule has 0 radical (unpaired) electrons. The van der Waals surface area contributed by atoms with E-state index in [-0.39, 0.29) is 17.2 Å². The molecule has 0 bridgehead atoms. The molecule has 2 amide bonds. The fraction of sp³-hybridized carbons (Fsp3) is 0.316. The van der Waals surface area contributed by atoms with Crippen LogP contribution in [0.25, 0.3) is 0 Å². The molecular weight excluding hydrogens is 336 g/mol. The Kier molecular flexibility index (Phi) is 5.06. The lowest BCUT2D eigenvalue weighted by Crippen LogP contribution is -2.37. The van der Waals surface area contributed by atoms with Gasteiger partial charge >= 0.3 is 5.97 Å². The van der Waals surface area contributed by atoms with Crippen LogP contribution in [0.15, 0.2) is 41.0 Å². The fourth-order valence-corrected chi connectivity index (χ4v) is 2.85. The van der Waals surface area contributed by atoms with Crippen LogP contribution < -0.4 is 5.32 Å². The van der Waals surface area contributed by atoms with E-state index in [1.54, 1.807) is 24.3 Å². The summed E-state index contributed by atoms with van der Waals surface area (Å²) in [5, 5.41) is 11.5. The molecular formula is C19H20N2O5. The van der Waals surface area contributed by atoms with E-state index in [0.29, 0.717) is 17.2 Å². The molecule has 1 aliphatic heterocycles. The second kappa shape index (κ2) is 7.43. The molecule has 2 N–H and O–H groups in total. The standard InChI is InChI=1S/C19H20N2O5/c1-12-6-8-21(9-7-12)18(23)13-2-4-15(5-3-13)20-17(22)16-10-14(11-26-16)19(24)25/h2-5,10-12H,6-9H2,1H3,(H,20,22)(H,24,25). The number of rotatable bonds is 4. The number of aromatic carboxylic acids is 1. The van der Waals surface area contributed by atoms with Gasteiger partial charge in [0.15, 0.2) is 5.76 Å².